The van der Waals surface area contributed by atoms with Crippen molar-refractivity contribution >= 4 is 23.0 Å². The summed E-state index contributed by atoms with van der Waals surface area (Å²) in [5.41, 5.74) is 3.35. The van der Waals surface area contributed by atoms with Gasteiger partial charge in [0.25, 0.3) is 0 Å². The SMILES string of the molecule is CCCCCCCCCCCCCCCCCC(=O)Cc1cccc(-c2nc3c(Cl)c(C(C)(C)C)[nH]n3n2)c1. The summed E-state index contributed by atoms with van der Waals surface area (Å²) in [5.74, 6) is 0.921. The molecule has 0 aliphatic rings. The van der Waals surface area contributed by atoms with Gasteiger partial charge < -0.3 is 0 Å². The fraction of sp³-hybridized carbons (Fsp3) is 0.667. The number of nitrogens with one attached hydrogen (secondary N) is 1. The van der Waals surface area contributed by atoms with Crippen molar-refractivity contribution in [1.29, 1.82) is 0 Å². The Balaban J connectivity index is 1.29. The van der Waals surface area contributed by atoms with Crippen LogP contribution in [0.2, 0.25) is 5.02 Å². The first kappa shape index (κ1) is 31.4. The van der Waals surface area contributed by atoms with Crippen molar-refractivity contribution in [3.05, 3.63) is 40.5 Å². The van der Waals surface area contributed by atoms with E-state index in [0.717, 1.165) is 29.7 Å². The first-order valence-electron chi connectivity index (χ1n) is 15.6. The van der Waals surface area contributed by atoms with Gasteiger partial charge in [0.15, 0.2) is 11.5 Å². The van der Waals surface area contributed by atoms with Crippen LogP contribution >= 0.6 is 11.6 Å². The first-order chi connectivity index (χ1) is 18.8. The van der Waals surface area contributed by atoms with Crippen LogP contribution in [0.4, 0.5) is 0 Å². The Morgan fingerprint density at radius 2 is 1.44 bits per heavy atom. The smallest absolute Gasteiger partial charge is 0.194 e. The van der Waals surface area contributed by atoms with Gasteiger partial charge in [0, 0.05) is 23.8 Å². The molecule has 39 heavy (non-hydrogen) atoms. The molecule has 3 rings (SSSR count). The summed E-state index contributed by atoms with van der Waals surface area (Å²) in [4.78, 5) is 17.3. The Bertz CT molecular complexity index is 1140. The summed E-state index contributed by atoms with van der Waals surface area (Å²) in [6.45, 7) is 8.59. The molecule has 5 nitrogen and oxygen atoms in total. The van der Waals surface area contributed by atoms with Gasteiger partial charge in [0.05, 0.1) is 5.69 Å². The molecule has 2 heterocycles. The van der Waals surface area contributed by atoms with Crippen molar-refractivity contribution in [2.24, 2.45) is 0 Å². The second-order valence-corrected chi connectivity index (χ2v) is 12.7. The highest BCUT2D eigenvalue weighted by Gasteiger charge is 2.24. The molecule has 0 fully saturated rings. The van der Waals surface area contributed by atoms with Gasteiger partial charge in [-0.3, -0.25) is 9.89 Å². The molecular weight excluding hydrogens is 504 g/mol. The third kappa shape index (κ3) is 10.4. The van der Waals surface area contributed by atoms with Gasteiger partial charge in [-0.2, -0.15) is 4.63 Å². The maximum absolute atomic E-state index is 12.6. The summed E-state index contributed by atoms with van der Waals surface area (Å²) >= 11 is 6.58. The van der Waals surface area contributed by atoms with Crippen molar-refractivity contribution in [3.63, 3.8) is 0 Å². The van der Waals surface area contributed by atoms with Crippen LogP contribution in [0.15, 0.2) is 24.3 Å². The number of fused-ring (bicyclic) bond motifs is 1. The highest BCUT2D eigenvalue weighted by atomic mass is 35.5. The van der Waals surface area contributed by atoms with E-state index in [0.29, 0.717) is 35.1 Å². The number of aromatic amines is 1. The molecule has 0 radical (unpaired) electrons. The lowest BCUT2D eigenvalue weighted by atomic mass is 9.92. The zero-order valence-electron chi connectivity index (χ0n) is 25.0. The van der Waals surface area contributed by atoms with Crippen molar-refractivity contribution in [2.75, 3.05) is 0 Å². The quantitative estimate of drug-likeness (QED) is 0.150. The van der Waals surface area contributed by atoms with E-state index < -0.39 is 0 Å². The van der Waals surface area contributed by atoms with E-state index in [1.165, 1.54) is 83.5 Å². The number of rotatable bonds is 19. The van der Waals surface area contributed by atoms with Crippen LogP contribution in [-0.2, 0) is 16.6 Å². The molecule has 0 amide bonds. The van der Waals surface area contributed by atoms with Crippen LogP contribution < -0.4 is 0 Å². The highest BCUT2D eigenvalue weighted by Crippen LogP contribution is 2.32. The summed E-state index contributed by atoms with van der Waals surface area (Å²) in [6, 6.07) is 8.00. The number of hydrogen-bond donors (Lipinski definition) is 1. The fourth-order valence-electron chi connectivity index (χ4n) is 5.25. The molecule has 1 aromatic carbocycles. The van der Waals surface area contributed by atoms with E-state index in [-0.39, 0.29) is 5.41 Å². The van der Waals surface area contributed by atoms with Crippen LogP contribution in [0.1, 0.15) is 142 Å². The molecule has 0 atom stereocenters. The second kappa shape index (κ2) is 16.2. The van der Waals surface area contributed by atoms with E-state index in [2.05, 4.69) is 42.9 Å². The Labute approximate surface area is 241 Å². The number of Topliss-reactive ketones (excluding diaryl/α,β-unsaturated/α-hetero) is 1. The lowest BCUT2D eigenvalue weighted by molar-refractivity contribution is -0.118. The number of H-pyrrole nitrogens is 1. The van der Waals surface area contributed by atoms with E-state index in [4.69, 9.17) is 11.6 Å². The third-order valence-corrected chi connectivity index (χ3v) is 7.99. The average Bonchev–Trinajstić information content (AvgIpc) is 3.46. The van der Waals surface area contributed by atoms with Crippen LogP contribution in [0.3, 0.4) is 0 Å². The Hall–Kier alpha value is -2.14. The van der Waals surface area contributed by atoms with Gasteiger partial charge in [0.1, 0.15) is 10.8 Å². The molecule has 0 aliphatic heterocycles. The largest absolute Gasteiger partial charge is 0.299 e. The standard InChI is InChI=1S/C33H51ClN4O/c1-5-6-7-8-9-10-11-12-13-14-15-16-17-18-19-23-28(39)25-26-21-20-22-27(24-26)31-35-32-29(34)30(33(2,3)4)36-38(32)37-31/h20-22,24,36H,5-19,23,25H2,1-4H3. The van der Waals surface area contributed by atoms with E-state index in [1.54, 1.807) is 4.63 Å². The van der Waals surface area contributed by atoms with Crippen molar-refractivity contribution < 1.29 is 4.79 Å². The van der Waals surface area contributed by atoms with Crippen LogP contribution in [0, 0.1) is 0 Å². The molecule has 3 aromatic rings. The van der Waals surface area contributed by atoms with Gasteiger partial charge in [-0.15, -0.1) is 5.10 Å². The normalized spacial score (nSPS) is 12.0. The number of nitrogens with zero attached hydrogens (tertiary/aromatic N) is 3. The molecule has 1 N–H and O–H groups in total. The van der Waals surface area contributed by atoms with Crippen LogP contribution in [-0.4, -0.2) is 25.6 Å². The predicted molar refractivity (Wildman–Crippen MR) is 165 cm³/mol. The van der Waals surface area contributed by atoms with Crippen molar-refractivity contribution in [3.8, 4) is 11.4 Å². The minimum atomic E-state index is -0.118. The number of hydrogen-bond acceptors (Lipinski definition) is 3. The Kier molecular flexibility index (Phi) is 13.0. The summed E-state index contributed by atoms with van der Waals surface area (Å²) < 4.78 is 1.65. The van der Waals surface area contributed by atoms with Gasteiger partial charge in [0.2, 0.25) is 0 Å². The van der Waals surface area contributed by atoms with E-state index in [1.807, 2.05) is 24.3 Å². The number of halogens is 1. The molecule has 6 heteroatoms. The maximum atomic E-state index is 12.6. The second-order valence-electron chi connectivity index (χ2n) is 12.3. The zero-order valence-corrected chi connectivity index (χ0v) is 25.7. The van der Waals surface area contributed by atoms with Gasteiger partial charge in [-0.1, -0.05) is 147 Å². The number of aromatic nitrogens is 4. The van der Waals surface area contributed by atoms with Crippen LogP contribution in [0.25, 0.3) is 17.0 Å². The molecule has 0 saturated carbocycles. The topological polar surface area (TPSA) is 63.0 Å². The summed E-state index contributed by atoms with van der Waals surface area (Å²) in [5, 5.41) is 8.47. The van der Waals surface area contributed by atoms with Gasteiger partial charge in [-0.05, 0) is 18.1 Å². The molecule has 0 unspecified atom stereocenters. The van der Waals surface area contributed by atoms with Gasteiger partial charge in [-0.25, -0.2) is 4.98 Å². The number of unbranched alkanes of at least 4 members (excludes halogenated alkanes) is 14. The molecule has 0 aliphatic carbocycles. The molecule has 0 saturated heterocycles. The molecule has 0 spiro atoms. The number of benzene rings is 1. The monoisotopic (exact) mass is 554 g/mol. The molecule has 0 bridgehead atoms. The minimum Gasteiger partial charge on any atom is -0.299 e. The van der Waals surface area contributed by atoms with E-state index in [9.17, 15) is 4.79 Å². The number of ketones is 1. The number of carbonyl (C=O) groups excluding carboxylic acids is 1. The maximum Gasteiger partial charge on any atom is 0.194 e. The zero-order chi connectivity index (χ0) is 28.1. The van der Waals surface area contributed by atoms with Crippen molar-refractivity contribution in [1.82, 2.24) is 19.8 Å². The average molecular weight is 555 g/mol. The summed E-state index contributed by atoms with van der Waals surface area (Å²) in [7, 11) is 0. The third-order valence-electron chi connectivity index (χ3n) is 7.64. The first-order valence-corrected chi connectivity index (χ1v) is 15.9. The molecular formula is C33H51ClN4O. The predicted octanol–water partition coefficient (Wildman–Crippen LogP) is 10.0. The van der Waals surface area contributed by atoms with Crippen molar-refractivity contribution in [2.45, 2.75) is 142 Å². The Morgan fingerprint density at radius 3 is 1.97 bits per heavy atom. The lowest BCUT2D eigenvalue weighted by Gasteiger charge is -2.16. The van der Waals surface area contributed by atoms with Gasteiger partial charge >= 0.3 is 0 Å². The molecule has 2 aromatic heterocycles. The number of carbonyl (C=O) groups is 1. The van der Waals surface area contributed by atoms with Crippen LogP contribution in [0.5, 0.6) is 0 Å². The minimum absolute atomic E-state index is 0.118. The molecule has 216 valence electrons. The lowest BCUT2D eigenvalue weighted by Crippen LogP contribution is -2.13. The summed E-state index contributed by atoms with van der Waals surface area (Å²) in [6.07, 6.45) is 21.2. The fourth-order valence-corrected chi connectivity index (χ4v) is 5.70. The highest BCUT2D eigenvalue weighted by molar-refractivity contribution is 6.34. The van der Waals surface area contributed by atoms with E-state index >= 15 is 0 Å². The Morgan fingerprint density at radius 1 is 0.872 bits per heavy atom.